The Morgan fingerprint density at radius 3 is 2.71 bits per heavy atom. The third-order valence-corrected chi connectivity index (χ3v) is 4.73. The second kappa shape index (κ2) is 7.18. The fourth-order valence-electron chi connectivity index (χ4n) is 3.38. The molecule has 0 bridgehead atoms. The van der Waals surface area contributed by atoms with Gasteiger partial charge in [-0.25, -0.2) is 4.68 Å². The lowest BCUT2D eigenvalue weighted by atomic mass is 10.00. The number of hydrogen-bond acceptors (Lipinski definition) is 3. The van der Waals surface area contributed by atoms with Gasteiger partial charge in [0, 0.05) is 30.1 Å². The summed E-state index contributed by atoms with van der Waals surface area (Å²) in [6.07, 6.45) is 3.69. The average molecular weight is 326 g/mol. The summed E-state index contributed by atoms with van der Waals surface area (Å²) in [5.74, 6) is 1.08. The Morgan fingerprint density at radius 2 is 2.08 bits per heavy atom. The zero-order chi connectivity index (χ0) is 17.1. The van der Waals surface area contributed by atoms with Crippen molar-refractivity contribution in [1.82, 2.24) is 9.78 Å². The molecule has 5 nitrogen and oxygen atoms in total. The lowest BCUT2D eigenvalue weighted by Crippen LogP contribution is -2.28. The first-order valence-electron chi connectivity index (χ1n) is 8.75. The van der Waals surface area contributed by atoms with Crippen LogP contribution in [0.2, 0.25) is 0 Å². The molecule has 0 radical (unpaired) electrons. The average Bonchev–Trinajstić information content (AvgIpc) is 3.15. The first-order valence-corrected chi connectivity index (χ1v) is 8.75. The van der Waals surface area contributed by atoms with Gasteiger partial charge in [0.05, 0.1) is 5.69 Å². The van der Waals surface area contributed by atoms with Crippen LogP contribution in [0, 0.1) is 5.92 Å². The van der Waals surface area contributed by atoms with Crippen molar-refractivity contribution in [3.8, 4) is 11.3 Å². The van der Waals surface area contributed by atoms with E-state index in [1.165, 1.54) is 0 Å². The highest BCUT2D eigenvalue weighted by Crippen LogP contribution is 2.28. The predicted molar refractivity (Wildman–Crippen MR) is 96.6 cm³/mol. The van der Waals surface area contributed by atoms with Crippen molar-refractivity contribution in [2.24, 2.45) is 11.7 Å². The number of carbonyl (C=O) groups is 1. The second-order valence-corrected chi connectivity index (χ2v) is 6.93. The zero-order valence-electron chi connectivity index (χ0n) is 14.4. The minimum absolute atomic E-state index is 0.0266. The molecule has 2 atom stereocenters. The number of anilines is 1. The summed E-state index contributed by atoms with van der Waals surface area (Å²) >= 11 is 0. The van der Waals surface area contributed by atoms with E-state index in [0.717, 1.165) is 36.3 Å². The van der Waals surface area contributed by atoms with E-state index in [9.17, 15) is 4.79 Å². The summed E-state index contributed by atoms with van der Waals surface area (Å²) in [7, 11) is 0. The molecular weight excluding hydrogens is 300 g/mol. The van der Waals surface area contributed by atoms with Gasteiger partial charge in [-0.05, 0) is 32.6 Å². The Kier molecular flexibility index (Phi) is 5.00. The number of amides is 1. The molecule has 0 unspecified atom stereocenters. The standard InChI is InChI=1S/C19H26N4O/c1-13(2)23-18(12-17(22-23)14-7-4-3-5-8-14)21-19(24)11-15-9-6-10-16(15)20/h3-5,7-8,12-13,15-16H,6,9-11,20H2,1-2H3,(H,21,24)/t15-,16+/m0/s1. The largest absolute Gasteiger partial charge is 0.327 e. The van der Waals surface area contributed by atoms with Crippen molar-refractivity contribution in [3.05, 3.63) is 36.4 Å². The van der Waals surface area contributed by atoms with E-state index in [1.807, 2.05) is 41.1 Å². The van der Waals surface area contributed by atoms with Gasteiger partial charge in [0.15, 0.2) is 0 Å². The number of rotatable bonds is 5. The number of hydrogen-bond donors (Lipinski definition) is 2. The Bertz CT molecular complexity index is 693. The van der Waals surface area contributed by atoms with E-state index in [-0.39, 0.29) is 18.0 Å². The molecule has 0 saturated heterocycles. The maximum atomic E-state index is 12.4. The topological polar surface area (TPSA) is 72.9 Å². The first kappa shape index (κ1) is 16.7. The third-order valence-electron chi connectivity index (χ3n) is 4.73. The molecule has 1 heterocycles. The summed E-state index contributed by atoms with van der Waals surface area (Å²) in [6, 6.07) is 12.3. The molecule has 1 amide bonds. The normalized spacial score (nSPS) is 20.5. The van der Waals surface area contributed by atoms with Gasteiger partial charge in [0.2, 0.25) is 5.91 Å². The first-order chi connectivity index (χ1) is 11.5. The molecule has 1 fully saturated rings. The van der Waals surface area contributed by atoms with Crippen molar-refractivity contribution in [1.29, 1.82) is 0 Å². The molecule has 1 aromatic carbocycles. The Hall–Kier alpha value is -2.14. The Morgan fingerprint density at radius 1 is 1.33 bits per heavy atom. The van der Waals surface area contributed by atoms with Crippen molar-refractivity contribution >= 4 is 11.7 Å². The van der Waals surface area contributed by atoms with Crippen molar-refractivity contribution < 1.29 is 4.79 Å². The fourth-order valence-corrected chi connectivity index (χ4v) is 3.38. The second-order valence-electron chi connectivity index (χ2n) is 6.93. The highest BCUT2D eigenvalue weighted by Gasteiger charge is 2.26. The number of carbonyl (C=O) groups excluding carboxylic acids is 1. The molecule has 5 heteroatoms. The van der Waals surface area contributed by atoms with Crippen molar-refractivity contribution in [3.63, 3.8) is 0 Å². The Balaban J connectivity index is 1.76. The fraction of sp³-hybridized carbons (Fsp3) is 0.474. The molecule has 0 aliphatic heterocycles. The molecular formula is C19H26N4O. The van der Waals surface area contributed by atoms with Gasteiger partial charge < -0.3 is 11.1 Å². The van der Waals surface area contributed by atoms with E-state index in [0.29, 0.717) is 12.3 Å². The third kappa shape index (κ3) is 3.67. The summed E-state index contributed by atoms with van der Waals surface area (Å²) in [5.41, 5.74) is 8.00. The molecule has 3 rings (SSSR count). The molecule has 24 heavy (non-hydrogen) atoms. The van der Waals surface area contributed by atoms with Gasteiger partial charge in [0.25, 0.3) is 0 Å². The SMILES string of the molecule is CC(C)n1nc(-c2ccccc2)cc1NC(=O)C[C@@H]1CCC[C@H]1N. The number of aromatic nitrogens is 2. The summed E-state index contributed by atoms with van der Waals surface area (Å²) in [5, 5.41) is 7.69. The van der Waals surface area contributed by atoms with Crippen LogP contribution in [-0.2, 0) is 4.79 Å². The van der Waals surface area contributed by atoms with Gasteiger partial charge in [-0.1, -0.05) is 36.8 Å². The molecule has 1 aromatic heterocycles. The summed E-state index contributed by atoms with van der Waals surface area (Å²) < 4.78 is 1.87. The molecule has 1 aliphatic carbocycles. The van der Waals surface area contributed by atoms with E-state index < -0.39 is 0 Å². The lowest BCUT2D eigenvalue weighted by molar-refractivity contribution is -0.117. The predicted octanol–water partition coefficient (Wildman–Crippen LogP) is 3.59. The summed E-state index contributed by atoms with van der Waals surface area (Å²) in [6.45, 7) is 4.12. The van der Waals surface area contributed by atoms with E-state index >= 15 is 0 Å². The number of benzene rings is 1. The highest BCUT2D eigenvalue weighted by atomic mass is 16.1. The summed E-state index contributed by atoms with van der Waals surface area (Å²) in [4.78, 5) is 12.4. The minimum Gasteiger partial charge on any atom is -0.327 e. The monoisotopic (exact) mass is 326 g/mol. The minimum atomic E-state index is 0.0266. The number of nitrogens with zero attached hydrogens (tertiary/aromatic N) is 2. The number of nitrogens with two attached hydrogens (primary N) is 1. The van der Waals surface area contributed by atoms with E-state index in [1.54, 1.807) is 0 Å². The zero-order valence-corrected chi connectivity index (χ0v) is 14.4. The van der Waals surface area contributed by atoms with Crippen LogP contribution < -0.4 is 11.1 Å². The molecule has 1 saturated carbocycles. The van der Waals surface area contributed by atoms with Crippen LogP contribution in [0.15, 0.2) is 36.4 Å². The van der Waals surface area contributed by atoms with E-state index in [4.69, 9.17) is 5.73 Å². The van der Waals surface area contributed by atoms with Crippen LogP contribution in [0.25, 0.3) is 11.3 Å². The molecule has 0 spiro atoms. The van der Waals surface area contributed by atoms with Gasteiger partial charge >= 0.3 is 0 Å². The molecule has 128 valence electrons. The van der Waals surface area contributed by atoms with Crippen LogP contribution in [0.3, 0.4) is 0 Å². The van der Waals surface area contributed by atoms with E-state index in [2.05, 4.69) is 24.3 Å². The highest BCUT2D eigenvalue weighted by molar-refractivity contribution is 5.90. The van der Waals surface area contributed by atoms with Gasteiger partial charge in [0.1, 0.15) is 5.82 Å². The quantitative estimate of drug-likeness (QED) is 0.882. The van der Waals surface area contributed by atoms with Gasteiger partial charge in [-0.2, -0.15) is 5.10 Å². The van der Waals surface area contributed by atoms with Crippen LogP contribution in [0.1, 0.15) is 45.6 Å². The maximum absolute atomic E-state index is 12.4. The van der Waals surface area contributed by atoms with Crippen molar-refractivity contribution in [2.75, 3.05) is 5.32 Å². The van der Waals surface area contributed by atoms with Gasteiger partial charge in [-0.3, -0.25) is 4.79 Å². The maximum Gasteiger partial charge on any atom is 0.225 e. The van der Waals surface area contributed by atoms with Gasteiger partial charge in [-0.15, -0.1) is 0 Å². The number of nitrogens with one attached hydrogen (secondary N) is 1. The lowest BCUT2D eigenvalue weighted by Gasteiger charge is -2.16. The molecule has 3 N–H and O–H groups in total. The molecule has 2 aromatic rings. The molecule has 1 aliphatic rings. The smallest absolute Gasteiger partial charge is 0.225 e. The van der Waals surface area contributed by atoms with Crippen LogP contribution in [0.5, 0.6) is 0 Å². The van der Waals surface area contributed by atoms with Crippen LogP contribution in [0.4, 0.5) is 5.82 Å². The van der Waals surface area contributed by atoms with Crippen molar-refractivity contribution in [2.45, 2.75) is 51.6 Å². The van der Waals surface area contributed by atoms with Crippen LogP contribution >= 0.6 is 0 Å². The van der Waals surface area contributed by atoms with Crippen LogP contribution in [-0.4, -0.2) is 21.7 Å². The Labute approximate surface area is 143 Å².